The predicted molar refractivity (Wildman–Crippen MR) is 140 cm³/mol. The summed E-state index contributed by atoms with van der Waals surface area (Å²) in [5.41, 5.74) is -1.30. The Bertz CT molecular complexity index is 1660. The molecule has 1 atom stereocenters. The van der Waals surface area contributed by atoms with Crippen LogP contribution in [0.5, 0.6) is 5.75 Å². The molecule has 1 saturated heterocycles. The van der Waals surface area contributed by atoms with Crippen molar-refractivity contribution in [1.82, 2.24) is 29.4 Å². The van der Waals surface area contributed by atoms with Gasteiger partial charge in [-0.3, -0.25) is 9.48 Å². The lowest BCUT2D eigenvalue weighted by Gasteiger charge is -2.19. The molecule has 1 aliphatic rings. The molecule has 0 amide bonds. The van der Waals surface area contributed by atoms with Gasteiger partial charge in [-0.1, -0.05) is 20.2 Å². The minimum atomic E-state index is -4.10. The molecule has 4 rings (SSSR count). The molecular weight excluding hydrogens is 480 g/mol. The van der Waals surface area contributed by atoms with Crippen LogP contribution in [-0.4, -0.2) is 65.8 Å². The van der Waals surface area contributed by atoms with E-state index in [4.69, 9.17) is 15.7 Å². The van der Waals surface area contributed by atoms with Gasteiger partial charge < -0.3 is 14.6 Å². The van der Waals surface area contributed by atoms with Crippen molar-refractivity contribution in [3.8, 4) is 17.1 Å². The average molecular weight is 525 g/mol. The maximum Gasteiger partial charge on any atom is 0.277 e. The second-order valence-corrected chi connectivity index (χ2v) is 10.4. The molecule has 2 N–H and O–H groups in total. The van der Waals surface area contributed by atoms with Gasteiger partial charge in [0.15, 0.2) is 5.52 Å². The third-order valence-corrected chi connectivity index (χ3v) is 7.53. The number of ether oxygens (including phenoxy) is 1. The molecule has 1 aliphatic heterocycles. The van der Waals surface area contributed by atoms with Crippen LogP contribution in [0.15, 0.2) is 27.9 Å². The standard InChI is InChI=1S/C25H36N6O4S/c1-5-8-20-22-23(31(4)29-20)25(32)28-24(27-22)19-16-18(10-11-21(19)35-15-6-2)36(33,34)26-13-12-17-9-7-14-30(17)3/h10-11,16-17,26H,5-9,12-15H2,1-4H3,(H,27,28,32)/i3D3,4D3,5D2. The third kappa shape index (κ3) is 5.47. The van der Waals surface area contributed by atoms with Crippen LogP contribution >= 0.6 is 0 Å². The number of benzene rings is 1. The van der Waals surface area contributed by atoms with E-state index in [-0.39, 0.29) is 64.4 Å². The number of hydrogen-bond donors (Lipinski definition) is 2. The van der Waals surface area contributed by atoms with Crippen molar-refractivity contribution in [3.63, 3.8) is 0 Å². The van der Waals surface area contributed by atoms with E-state index in [1.165, 1.54) is 30.0 Å². The molecule has 2 aromatic heterocycles. The zero-order valence-electron chi connectivity index (χ0n) is 28.3. The number of rotatable bonds is 11. The van der Waals surface area contributed by atoms with Crippen molar-refractivity contribution in [1.29, 1.82) is 0 Å². The van der Waals surface area contributed by atoms with Crippen LogP contribution in [-0.2, 0) is 23.4 Å². The van der Waals surface area contributed by atoms with Crippen LogP contribution in [0.1, 0.15) is 62.6 Å². The second kappa shape index (κ2) is 11.1. The SMILES string of the molecule is [2H]C([2H])(C)Cc1nn(C([2H])([2H])[2H])c2c(=O)[nH]c(-c3cc(S(=O)(=O)NCCC4CCCN4C([2H])([2H])[2H])ccc3OCCC)nc12. The van der Waals surface area contributed by atoms with E-state index < -0.39 is 35.9 Å². The van der Waals surface area contributed by atoms with E-state index in [2.05, 4.69) is 19.8 Å². The first kappa shape index (κ1) is 17.7. The van der Waals surface area contributed by atoms with Gasteiger partial charge in [-0.25, -0.2) is 18.1 Å². The first-order chi connectivity index (χ1) is 20.3. The molecule has 11 heteroatoms. The molecule has 0 aliphatic carbocycles. The zero-order chi connectivity index (χ0) is 32.7. The fraction of sp³-hybridized carbons (Fsp3) is 0.560. The number of nitrogens with one attached hydrogen (secondary N) is 2. The van der Waals surface area contributed by atoms with Crippen molar-refractivity contribution < 1.29 is 24.1 Å². The molecule has 0 radical (unpaired) electrons. The number of hydrogen-bond acceptors (Lipinski definition) is 7. The van der Waals surface area contributed by atoms with Gasteiger partial charge >= 0.3 is 0 Å². The molecule has 0 spiro atoms. The third-order valence-electron chi connectivity index (χ3n) is 6.07. The zero-order valence-corrected chi connectivity index (χ0v) is 21.1. The van der Waals surface area contributed by atoms with E-state index >= 15 is 0 Å². The normalized spacial score (nSPS) is 21.1. The quantitative estimate of drug-likeness (QED) is 0.395. The van der Waals surface area contributed by atoms with Gasteiger partial charge in [0.05, 0.1) is 22.8 Å². The Hall–Kier alpha value is -2.76. The van der Waals surface area contributed by atoms with Crippen LogP contribution in [0, 0.1) is 0 Å². The highest BCUT2D eigenvalue weighted by Gasteiger charge is 2.23. The summed E-state index contributed by atoms with van der Waals surface area (Å²) in [4.78, 5) is 21.5. The lowest BCUT2D eigenvalue weighted by molar-refractivity contribution is 0.297. The molecule has 0 saturated carbocycles. The summed E-state index contributed by atoms with van der Waals surface area (Å²) < 4.78 is 98.0. The number of nitrogens with zero attached hydrogens (tertiary/aromatic N) is 4. The smallest absolute Gasteiger partial charge is 0.277 e. The van der Waals surface area contributed by atoms with Gasteiger partial charge in [-0.15, -0.1) is 0 Å². The highest BCUT2D eigenvalue weighted by Crippen LogP contribution is 2.31. The molecule has 10 nitrogen and oxygen atoms in total. The van der Waals surface area contributed by atoms with E-state index in [0.29, 0.717) is 36.9 Å². The molecular formula is C25H36N6O4S. The maximum atomic E-state index is 13.3. The number of sulfonamides is 1. The molecule has 3 heterocycles. The molecule has 36 heavy (non-hydrogen) atoms. The summed E-state index contributed by atoms with van der Waals surface area (Å²) in [7, 11) is -4.10. The van der Waals surface area contributed by atoms with Crippen molar-refractivity contribution >= 4 is 21.1 Å². The first-order valence-electron chi connectivity index (χ1n) is 15.9. The molecule has 1 aromatic carbocycles. The van der Waals surface area contributed by atoms with Crippen LogP contribution in [0.2, 0.25) is 0 Å². The number of fused-ring (bicyclic) bond motifs is 1. The fourth-order valence-electron chi connectivity index (χ4n) is 4.28. The Morgan fingerprint density at radius 1 is 1.33 bits per heavy atom. The summed E-state index contributed by atoms with van der Waals surface area (Å²) in [5.74, 6) is 0.0936. The number of likely N-dealkylation sites (tertiary alicyclic amines) is 1. The van der Waals surface area contributed by atoms with Crippen molar-refractivity contribution in [2.24, 2.45) is 6.98 Å². The monoisotopic (exact) mass is 524 g/mol. The highest BCUT2D eigenvalue weighted by molar-refractivity contribution is 7.89. The summed E-state index contributed by atoms with van der Waals surface area (Å²) in [6.45, 7) is -1.26. The molecule has 1 unspecified atom stereocenters. The Morgan fingerprint density at radius 2 is 2.19 bits per heavy atom. The Morgan fingerprint density at radius 3 is 2.94 bits per heavy atom. The molecule has 3 aromatic rings. The Balaban J connectivity index is 1.74. The van der Waals surface area contributed by atoms with E-state index in [0.717, 1.165) is 0 Å². The first-order valence-corrected chi connectivity index (χ1v) is 13.4. The van der Waals surface area contributed by atoms with Crippen molar-refractivity contribution in [2.45, 2.75) is 63.3 Å². The second-order valence-electron chi connectivity index (χ2n) is 8.68. The van der Waals surface area contributed by atoms with Crippen LogP contribution < -0.4 is 15.0 Å². The minimum Gasteiger partial charge on any atom is -0.493 e. The van der Waals surface area contributed by atoms with E-state index in [9.17, 15) is 13.2 Å². The summed E-state index contributed by atoms with van der Waals surface area (Å²) in [6.07, 6.45) is 0.146. The van der Waals surface area contributed by atoms with Crippen LogP contribution in [0.4, 0.5) is 0 Å². The molecule has 196 valence electrons. The van der Waals surface area contributed by atoms with Crippen LogP contribution in [0.3, 0.4) is 0 Å². The van der Waals surface area contributed by atoms with Gasteiger partial charge in [-0.2, -0.15) is 5.10 Å². The number of aromatic nitrogens is 4. The lowest BCUT2D eigenvalue weighted by atomic mass is 10.1. The van der Waals surface area contributed by atoms with Gasteiger partial charge in [0.1, 0.15) is 17.1 Å². The maximum absolute atomic E-state index is 13.3. The van der Waals surface area contributed by atoms with E-state index in [1.807, 2.05) is 6.92 Å². The van der Waals surface area contributed by atoms with E-state index in [1.54, 1.807) is 0 Å². The molecule has 0 bridgehead atoms. The van der Waals surface area contributed by atoms with Gasteiger partial charge in [-0.05, 0) is 63.8 Å². The minimum absolute atomic E-state index is 0.000720. The fourth-order valence-corrected chi connectivity index (χ4v) is 5.35. The summed E-state index contributed by atoms with van der Waals surface area (Å²) >= 11 is 0. The van der Waals surface area contributed by atoms with Crippen molar-refractivity contribution in [3.05, 3.63) is 34.2 Å². The predicted octanol–water partition coefficient (Wildman–Crippen LogP) is 2.83. The van der Waals surface area contributed by atoms with Crippen molar-refractivity contribution in [2.75, 3.05) is 26.7 Å². The number of H-pyrrole nitrogens is 1. The summed E-state index contributed by atoms with van der Waals surface area (Å²) in [5, 5.41) is 4.01. The van der Waals surface area contributed by atoms with Crippen LogP contribution in [0.25, 0.3) is 22.4 Å². The Kier molecular flexibility index (Phi) is 5.44. The average Bonchev–Trinajstić information content (AvgIpc) is 3.52. The Labute approximate surface area is 223 Å². The van der Waals surface area contributed by atoms with Gasteiger partial charge in [0, 0.05) is 30.5 Å². The summed E-state index contributed by atoms with van der Waals surface area (Å²) in [6, 6.07) is 3.75. The number of aromatic amines is 1. The molecule has 1 fully saturated rings. The van der Waals surface area contributed by atoms with Gasteiger partial charge in [0.2, 0.25) is 10.0 Å². The highest BCUT2D eigenvalue weighted by atomic mass is 32.2. The lowest BCUT2D eigenvalue weighted by Crippen LogP contribution is -2.31. The topological polar surface area (TPSA) is 122 Å². The van der Waals surface area contributed by atoms with Gasteiger partial charge in [0.25, 0.3) is 5.56 Å². The number of aryl methyl sites for hydroxylation is 2. The largest absolute Gasteiger partial charge is 0.493 e.